The Morgan fingerprint density at radius 2 is 1.86 bits per heavy atom. The van der Waals surface area contributed by atoms with Crippen LogP contribution in [-0.2, 0) is 0 Å². The van der Waals surface area contributed by atoms with Gasteiger partial charge in [0.05, 0.1) is 0 Å². The summed E-state index contributed by atoms with van der Waals surface area (Å²) in [6.07, 6.45) is 1.30. The number of benzene rings is 1. The second kappa shape index (κ2) is 4.14. The Morgan fingerprint density at radius 1 is 1.14 bits per heavy atom. The standard InChI is InChI=1S/C13H19N/c1-10-8-9-14-11(2)13(10)12-6-4-3-5-7-12/h3-7,10-11,13-14H,8-9H2,1-2H3/t10-,11+,13+/m1/s1. The molecule has 0 unspecified atom stereocenters. The minimum atomic E-state index is 0.612. The van der Waals surface area contributed by atoms with Gasteiger partial charge < -0.3 is 5.32 Å². The van der Waals surface area contributed by atoms with Crippen LogP contribution in [0.5, 0.6) is 0 Å². The van der Waals surface area contributed by atoms with Crippen molar-refractivity contribution < 1.29 is 0 Å². The maximum atomic E-state index is 3.56. The molecule has 0 spiro atoms. The Kier molecular flexibility index (Phi) is 2.87. The summed E-state index contributed by atoms with van der Waals surface area (Å²) in [5.74, 6) is 1.48. The maximum Gasteiger partial charge on any atom is 0.0110 e. The first-order chi connectivity index (χ1) is 6.79. The summed E-state index contributed by atoms with van der Waals surface area (Å²) in [5, 5.41) is 3.56. The summed E-state index contributed by atoms with van der Waals surface area (Å²) in [4.78, 5) is 0. The summed E-state index contributed by atoms with van der Waals surface area (Å²) in [7, 11) is 0. The first kappa shape index (κ1) is 9.72. The Labute approximate surface area is 86.5 Å². The Balaban J connectivity index is 2.23. The van der Waals surface area contributed by atoms with Gasteiger partial charge in [-0.25, -0.2) is 0 Å². The van der Waals surface area contributed by atoms with Crippen molar-refractivity contribution in [3.8, 4) is 0 Å². The monoisotopic (exact) mass is 189 g/mol. The van der Waals surface area contributed by atoms with Crippen LogP contribution in [0.25, 0.3) is 0 Å². The average Bonchev–Trinajstić information content (AvgIpc) is 2.19. The lowest BCUT2D eigenvalue weighted by molar-refractivity contribution is 0.284. The number of nitrogens with one attached hydrogen (secondary N) is 1. The van der Waals surface area contributed by atoms with Crippen LogP contribution >= 0.6 is 0 Å². The van der Waals surface area contributed by atoms with E-state index in [9.17, 15) is 0 Å². The summed E-state index contributed by atoms with van der Waals surface area (Å²) in [6, 6.07) is 11.5. The Hall–Kier alpha value is -0.820. The van der Waals surface area contributed by atoms with Gasteiger partial charge in [-0.2, -0.15) is 0 Å². The molecular formula is C13H19N. The molecule has 1 heteroatoms. The first-order valence-corrected chi connectivity index (χ1v) is 5.57. The third-order valence-electron chi connectivity index (χ3n) is 3.40. The lowest BCUT2D eigenvalue weighted by atomic mass is 9.78. The van der Waals surface area contributed by atoms with Crippen molar-refractivity contribution in [2.45, 2.75) is 32.2 Å². The van der Waals surface area contributed by atoms with Crippen molar-refractivity contribution in [1.82, 2.24) is 5.32 Å². The number of piperidine rings is 1. The molecular weight excluding hydrogens is 170 g/mol. The highest BCUT2D eigenvalue weighted by atomic mass is 14.9. The third-order valence-corrected chi connectivity index (χ3v) is 3.40. The molecule has 1 N–H and O–H groups in total. The number of hydrogen-bond acceptors (Lipinski definition) is 1. The number of rotatable bonds is 1. The maximum absolute atomic E-state index is 3.56. The molecule has 1 aromatic rings. The summed E-state index contributed by atoms with van der Waals surface area (Å²) < 4.78 is 0. The van der Waals surface area contributed by atoms with Crippen molar-refractivity contribution in [3.63, 3.8) is 0 Å². The van der Waals surface area contributed by atoms with E-state index in [0.717, 1.165) is 5.92 Å². The van der Waals surface area contributed by atoms with E-state index in [0.29, 0.717) is 12.0 Å². The quantitative estimate of drug-likeness (QED) is 0.716. The van der Waals surface area contributed by atoms with Gasteiger partial charge in [0.2, 0.25) is 0 Å². The highest BCUT2D eigenvalue weighted by Gasteiger charge is 2.28. The zero-order valence-electron chi connectivity index (χ0n) is 9.03. The van der Waals surface area contributed by atoms with Crippen LogP contribution in [0.4, 0.5) is 0 Å². The van der Waals surface area contributed by atoms with E-state index in [1.54, 1.807) is 0 Å². The molecule has 14 heavy (non-hydrogen) atoms. The van der Waals surface area contributed by atoms with Gasteiger partial charge in [-0.15, -0.1) is 0 Å². The molecule has 2 rings (SSSR count). The van der Waals surface area contributed by atoms with Crippen molar-refractivity contribution in [1.29, 1.82) is 0 Å². The molecule has 0 aromatic heterocycles. The van der Waals surface area contributed by atoms with Crippen molar-refractivity contribution in [2.75, 3.05) is 6.54 Å². The van der Waals surface area contributed by atoms with Gasteiger partial charge in [0.15, 0.2) is 0 Å². The minimum Gasteiger partial charge on any atom is -0.314 e. The van der Waals surface area contributed by atoms with Crippen molar-refractivity contribution >= 4 is 0 Å². The fourth-order valence-corrected chi connectivity index (χ4v) is 2.63. The summed E-state index contributed by atoms with van der Waals surface area (Å²) in [5.41, 5.74) is 1.49. The molecule has 1 aliphatic heterocycles. The average molecular weight is 189 g/mol. The van der Waals surface area contributed by atoms with E-state index in [2.05, 4.69) is 49.5 Å². The van der Waals surface area contributed by atoms with Crippen molar-refractivity contribution in [2.24, 2.45) is 5.92 Å². The van der Waals surface area contributed by atoms with E-state index in [-0.39, 0.29) is 0 Å². The van der Waals surface area contributed by atoms with Gasteiger partial charge in [0.25, 0.3) is 0 Å². The molecule has 76 valence electrons. The second-order valence-corrected chi connectivity index (χ2v) is 4.45. The molecule has 0 bridgehead atoms. The molecule has 0 radical (unpaired) electrons. The van der Waals surface area contributed by atoms with E-state index in [1.807, 2.05) is 0 Å². The summed E-state index contributed by atoms with van der Waals surface area (Å²) in [6.45, 7) is 5.84. The lowest BCUT2D eigenvalue weighted by Crippen LogP contribution is -2.41. The van der Waals surface area contributed by atoms with Crippen LogP contribution in [0.1, 0.15) is 31.7 Å². The first-order valence-electron chi connectivity index (χ1n) is 5.57. The largest absolute Gasteiger partial charge is 0.314 e. The lowest BCUT2D eigenvalue weighted by Gasteiger charge is -2.35. The van der Waals surface area contributed by atoms with Crippen LogP contribution in [0.15, 0.2) is 30.3 Å². The molecule has 0 amide bonds. The van der Waals surface area contributed by atoms with Gasteiger partial charge in [-0.1, -0.05) is 37.3 Å². The van der Waals surface area contributed by atoms with Crippen LogP contribution in [-0.4, -0.2) is 12.6 Å². The van der Waals surface area contributed by atoms with E-state index < -0.39 is 0 Å². The fraction of sp³-hybridized carbons (Fsp3) is 0.538. The highest BCUT2D eigenvalue weighted by molar-refractivity contribution is 5.22. The Morgan fingerprint density at radius 3 is 2.50 bits per heavy atom. The number of hydrogen-bond donors (Lipinski definition) is 1. The van der Waals surface area contributed by atoms with Crippen LogP contribution in [0.2, 0.25) is 0 Å². The highest BCUT2D eigenvalue weighted by Crippen LogP contribution is 2.32. The molecule has 1 aromatic carbocycles. The van der Waals surface area contributed by atoms with Gasteiger partial charge in [0, 0.05) is 12.0 Å². The molecule has 0 aliphatic carbocycles. The zero-order chi connectivity index (χ0) is 9.97. The smallest absolute Gasteiger partial charge is 0.0110 e. The normalized spacial score (nSPS) is 32.9. The molecule has 0 saturated carbocycles. The van der Waals surface area contributed by atoms with Crippen molar-refractivity contribution in [3.05, 3.63) is 35.9 Å². The summed E-state index contributed by atoms with van der Waals surface area (Å²) >= 11 is 0. The second-order valence-electron chi connectivity index (χ2n) is 4.45. The fourth-order valence-electron chi connectivity index (χ4n) is 2.63. The minimum absolute atomic E-state index is 0.612. The SMILES string of the molecule is C[C@@H]1CCN[C@@H](C)[C@H]1c1ccccc1. The van der Waals surface area contributed by atoms with Gasteiger partial charge >= 0.3 is 0 Å². The van der Waals surface area contributed by atoms with Gasteiger partial charge in [0.1, 0.15) is 0 Å². The third kappa shape index (κ3) is 1.83. The molecule has 1 heterocycles. The molecule has 1 aliphatic rings. The Bertz CT molecular complexity index is 271. The van der Waals surface area contributed by atoms with E-state index in [4.69, 9.17) is 0 Å². The predicted molar refractivity (Wildman–Crippen MR) is 60.4 cm³/mol. The molecule has 1 nitrogen and oxygen atoms in total. The predicted octanol–water partition coefficient (Wildman–Crippen LogP) is 2.79. The molecule has 1 fully saturated rings. The molecule has 1 saturated heterocycles. The van der Waals surface area contributed by atoms with Crippen LogP contribution in [0.3, 0.4) is 0 Å². The van der Waals surface area contributed by atoms with Gasteiger partial charge in [-0.3, -0.25) is 0 Å². The zero-order valence-corrected chi connectivity index (χ0v) is 9.03. The topological polar surface area (TPSA) is 12.0 Å². The van der Waals surface area contributed by atoms with Crippen LogP contribution in [0, 0.1) is 5.92 Å². The molecule has 3 atom stereocenters. The van der Waals surface area contributed by atoms with Gasteiger partial charge in [-0.05, 0) is 31.4 Å². The van der Waals surface area contributed by atoms with E-state index in [1.165, 1.54) is 18.5 Å². The van der Waals surface area contributed by atoms with E-state index >= 15 is 0 Å². The van der Waals surface area contributed by atoms with Crippen LogP contribution < -0.4 is 5.32 Å².